The topological polar surface area (TPSA) is 96.2 Å². The molecule has 1 spiro atoms. The predicted octanol–water partition coefficient (Wildman–Crippen LogP) is 2.29. The number of hydrogen-bond donors (Lipinski definition) is 2. The van der Waals surface area contributed by atoms with Crippen LogP contribution >= 0.6 is 0 Å². The maximum atomic E-state index is 12.8. The first kappa shape index (κ1) is 21.0. The van der Waals surface area contributed by atoms with Crippen LogP contribution in [0.4, 0.5) is 5.82 Å². The largest absolute Gasteiger partial charge is 0.392 e. The lowest BCUT2D eigenvalue weighted by Gasteiger charge is -2.47. The third-order valence-corrected chi connectivity index (χ3v) is 6.53. The number of fused-ring (bicyclic) bond motifs is 1. The number of rotatable bonds is 6. The first-order valence-electron chi connectivity index (χ1n) is 11.4. The zero-order valence-corrected chi connectivity index (χ0v) is 18.4. The van der Waals surface area contributed by atoms with Crippen molar-refractivity contribution in [2.45, 2.75) is 71.9 Å². The monoisotopic (exact) mass is 414 g/mol. The number of carbonyl (C=O) groups is 1. The lowest BCUT2D eigenvalue weighted by molar-refractivity contribution is -0.142. The van der Waals surface area contributed by atoms with Gasteiger partial charge in [-0.25, -0.2) is 14.6 Å². The number of nitrogens with one attached hydrogen (secondary N) is 1. The Morgan fingerprint density at radius 2 is 2.20 bits per heavy atom. The van der Waals surface area contributed by atoms with E-state index in [9.17, 15) is 9.90 Å². The number of unbranched alkanes of at least 4 members (excludes halogenated alkanes) is 1. The van der Waals surface area contributed by atoms with Crippen molar-refractivity contribution in [3.05, 3.63) is 12.0 Å². The fourth-order valence-corrected chi connectivity index (χ4v) is 4.92. The zero-order chi connectivity index (χ0) is 21.3. The van der Waals surface area contributed by atoms with Crippen molar-refractivity contribution < 1.29 is 9.90 Å². The average molecular weight is 415 g/mol. The van der Waals surface area contributed by atoms with Crippen molar-refractivity contribution in [3.63, 3.8) is 0 Å². The Hall–Kier alpha value is -2.22. The molecule has 30 heavy (non-hydrogen) atoms. The summed E-state index contributed by atoms with van der Waals surface area (Å²) in [6.45, 7) is 9.24. The second kappa shape index (κ2) is 8.49. The molecule has 2 saturated heterocycles. The highest BCUT2D eigenvalue weighted by Crippen LogP contribution is 2.40. The molecule has 2 aliphatic heterocycles. The van der Waals surface area contributed by atoms with Gasteiger partial charge < -0.3 is 15.3 Å². The summed E-state index contributed by atoms with van der Waals surface area (Å²) in [5, 5.41) is 19.7. The summed E-state index contributed by atoms with van der Waals surface area (Å²) in [7, 11) is 0. The van der Waals surface area contributed by atoms with Gasteiger partial charge in [-0.1, -0.05) is 27.2 Å². The van der Waals surface area contributed by atoms with Gasteiger partial charge >= 0.3 is 0 Å². The molecule has 4 heterocycles. The minimum absolute atomic E-state index is 0.0303. The molecule has 2 aromatic rings. The van der Waals surface area contributed by atoms with Crippen LogP contribution in [0.25, 0.3) is 11.0 Å². The van der Waals surface area contributed by atoms with Gasteiger partial charge in [0.25, 0.3) is 0 Å². The number of aromatic nitrogens is 4. The average Bonchev–Trinajstić information content (AvgIpc) is 3.07. The van der Waals surface area contributed by atoms with E-state index in [4.69, 9.17) is 5.10 Å². The van der Waals surface area contributed by atoms with Crippen LogP contribution in [0, 0.1) is 11.3 Å². The molecule has 8 heteroatoms. The van der Waals surface area contributed by atoms with E-state index in [1.54, 1.807) is 6.33 Å². The molecule has 164 valence electrons. The molecular formula is C22H34N6O2. The van der Waals surface area contributed by atoms with Gasteiger partial charge in [0.1, 0.15) is 12.1 Å². The second-order valence-electron chi connectivity index (χ2n) is 9.26. The van der Waals surface area contributed by atoms with E-state index >= 15 is 0 Å². The highest BCUT2D eigenvalue weighted by molar-refractivity contribution is 5.91. The fraction of sp³-hybridized carbons (Fsp3) is 0.727. The molecule has 8 nitrogen and oxygen atoms in total. The van der Waals surface area contributed by atoms with Crippen LogP contribution in [0.2, 0.25) is 0 Å². The van der Waals surface area contributed by atoms with Gasteiger partial charge in [-0.2, -0.15) is 5.10 Å². The number of aliphatic hydroxyl groups excluding tert-OH is 1. The number of amides is 1. The summed E-state index contributed by atoms with van der Waals surface area (Å²) in [6.07, 6.45) is 6.16. The van der Waals surface area contributed by atoms with Crippen molar-refractivity contribution in [3.8, 4) is 0 Å². The van der Waals surface area contributed by atoms with Crippen LogP contribution in [-0.2, 0) is 17.8 Å². The predicted molar refractivity (Wildman–Crippen MR) is 116 cm³/mol. The Labute approximate surface area is 178 Å². The Morgan fingerprint density at radius 1 is 1.37 bits per heavy atom. The van der Waals surface area contributed by atoms with Crippen LogP contribution in [0.5, 0.6) is 0 Å². The van der Waals surface area contributed by atoms with Gasteiger partial charge in [-0.05, 0) is 38.0 Å². The summed E-state index contributed by atoms with van der Waals surface area (Å²) >= 11 is 0. The van der Waals surface area contributed by atoms with Gasteiger partial charge in [0.05, 0.1) is 22.6 Å². The quantitative estimate of drug-likeness (QED) is 0.753. The first-order chi connectivity index (χ1) is 14.5. The minimum Gasteiger partial charge on any atom is -0.392 e. The highest BCUT2D eigenvalue weighted by atomic mass is 16.3. The normalized spacial score (nSPS) is 24.8. The van der Waals surface area contributed by atoms with Crippen molar-refractivity contribution in [2.24, 2.45) is 11.3 Å². The van der Waals surface area contributed by atoms with E-state index in [-0.39, 0.29) is 5.91 Å². The number of nitrogens with zero attached hydrogens (tertiary/aromatic N) is 5. The van der Waals surface area contributed by atoms with Gasteiger partial charge in [0, 0.05) is 26.2 Å². The van der Waals surface area contributed by atoms with Gasteiger partial charge in [-0.15, -0.1) is 0 Å². The molecule has 2 aromatic heterocycles. The van der Waals surface area contributed by atoms with E-state index in [2.05, 4.69) is 41.0 Å². The van der Waals surface area contributed by atoms with Crippen molar-refractivity contribution >= 4 is 22.8 Å². The minimum atomic E-state index is -0.760. The van der Waals surface area contributed by atoms with Crippen LogP contribution in [0.3, 0.4) is 0 Å². The third-order valence-electron chi connectivity index (χ3n) is 6.53. The number of aryl methyl sites for hydroxylation is 1. The Morgan fingerprint density at radius 3 is 2.93 bits per heavy atom. The maximum Gasteiger partial charge on any atom is 0.230 e. The summed E-state index contributed by atoms with van der Waals surface area (Å²) in [5.41, 5.74) is 1.14. The number of aliphatic hydroxyl groups is 1. The smallest absolute Gasteiger partial charge is 0.230 e. The number of hydrogen-bond acceptors (Lipinski definition) is 6. The molecule has 0 unspecified atom stereocenters. The Balaban J connectivity index is 1.76. The van der Waals surface area contributed by atoms with E-state index in [0.717, 1.165) is 54.8 Å². The van der Waals surface area contributed by atoms with Crippen LogP contribution in [-0.4, -0.2) is 56.5 Å². The molecule has 2 N–H and O–H groups in total. The zero-order valence-electron chi connectivity index (χ0n) is 18.4. The molecule has 2 fully saturated rings. The standard InChI is InChI=1S/C22H34N6O2/c1-4-5-10-28-20-18(16(26-28)12-15(2)3)19(24-14-25-20)27-11-7-17(29)22(13-27)8-6-9-23-21(22)30/h14-15,17,29H,4-13H2,1-3H3,(H,23,30)/t17-,22+/m0/s1. The molecule has 0 saturated carbocycles. The molecule has 0 radical (unpaired) electrons. The molecule has 1 amide bonds. The third kappa shape index (κ3) is 3.66. The highest BCUT2D eigenvalue weighted by Gasteiger charge is 2.50. The summed E-state index contributed by atoms with van der Waals surface area (Å²) in [6, 6.07) is 0. The van der Waals surface area contributed by atoms with Crippen LogP contribution in [0.15, 0.2) is 6.33 Å². The lowest BCUT2D eigenvalue weighted by atomic mass is 9.71. The van der Waals surface area contributed by atoms with Gasteiger partial charge in [0.2, 0.25) is 5.91 Å². The van der Waals surface area contributed by atoms with Crippen LogP contribution < -0.4 is 10.2 Å². The Bertz CT molecular complexity index is 910. The van der Waals surface area contributed by atoms with Crippen molar-refractivity contribution in [1.82, 2.24) is 25.1 Å². The van der Waals surface area contributed by atoms with E-state index in [1.807, 2.05) is 4.68 Å². The van der Waals surface area contributed by atoms with E-state index in [1.165, 1.54) is 0 Å². The molecule has 4 rings (SSSR count). The fourth-order valence-electron chi connectivity index (χ4n) is 4.92. The molecule has 0 bridgehead atoms. The van der Waals surface area contributed by atoms with Gasteiger partial charge in [0.15, 0.2) is 5.65 Å². The van der Waals surface area contributed by atoms with Gasteiger partial charge in [-0.3, -0.25) is 4.79 Å². The van der Waals surface area contributed by atoms with E-state index in [0.29, 0.717) is 38.4 Å². The van der Waals surface area contributed by atoms with E-state index < -0.39 is 11.5 Å². The molecule has 2 atom stereocenters. The summed E-state index contributed by atoms with van der Waals surface area (Å²) < 4.78 is 2.02. The summed E-state index contributed by atoms with van der Waals surface area (Å²) in [5.74, 6) is 1.29. The SMILES string of the molecule is CCCCn1nc(CC(C)C)c2c(N3CC[C@H](O)[C@@]4(CCCNC4=O)C3)ncnc21. The van der Waals surface area contributed by atoms with Crippen LogP contribution in [0.1, 0.15) is 58.6 Å². The van der Waals surface area contributed by atoms with Crippen molar-refractivity contribution in [2.75, 3.05) is 24.5 Å². The molecule has 2 aliphatic rings. The molecular weight excluding hydrogens is 380 g/mol. The maximum absolute atomic E-state index is 12.8. The number of carbonyl (C=O) groups excluding carboxylic acids is 1. The summed E-state index contributed by atoms with van der Waals surface area (Å²) in [4.78, 5) is 24.2. The molecule has 0 aliphatic carbocycles. The Kier molecular flexibility index (Phi) is 5.95. The van der Waals surface area contributed by atoms with Crippen molar-refractivity contribution in [1.29, 1.82) is 0 Å². The number of anilines is 1. The second-order valence-corrected chi connectivity index (χ2v) is 9.26. The number of piperidine rings is 2. The lowest BCUT2D eigenvalue weighted by Crippen LogP contribution is -2.61. The first-order valence-corrected chi connectivity index (χ1v) is 11.4. The molecule has 0 aromatic carbocycles.